The molecule has 0 unspecified atom stereocenters. The van der Waals surface area contributed by atoms with Crippen molar-refractivity contribution in [2.45, 2.75) is 19.4 Å². The van der Waals surface area contributed by atoms with Gasteiger partial charge in [-0.1, -0.05) is 18.2 Å². The van der Waals surface area contributed by atoms with Crippen LogP contribution in [-0.4, -0.2) is 32.8 Å². The van der Waals surface area contributed by atoms with Crippen molar-refractivity contribution in [2.24, 2.45) is 11.7 Å². The van der Waals surface area contributed by atoms with Crippen LogP contribution in [0.4, 0.5) is 0 Å². The van der Waals surface area contributed by atoms with Crippen LogP contribution in [-0.2, 0) is 6.54 Å². The first-order valence-electron chi connectivity index (χ1n) is 10.2. The van der Waals surface area contributed by atoms with Gasteiger partial charge in [-0.25, -0.2) is 0 Å². The topological polar surface area (TPSA) is 59.3 Å². The van der Waals surface area contributed by atoms with E-state index in [0.717, 1.165) is 37.8 Å². The smallest absolute Gasteiger partial charge is 0.123 e. The highest BCUT2D eigenvalue weighted by Gasteiger charge is 2.14. The molecule has 2 heterocycles. The lowest BCUT2D eigenvalue weighted by Gasteiger charge is -2.23. The number of fused-ring (bicyclic) bond motifs is 1. The number of hydrogen-bond donors (Lipinski definition) is 3. The Morgan fingerprint density at radius 3 is 2.79 bits per heavy atom. The number of nitrogens with two attached hydrogens (primary N) is 1. The van der Waals surface area contributed by atoms with E-state index in [4.69, 9.17) is 10.5 Å². The normalized spacial score (nSPS) is 15.2. The predicted octanol–water partition coefficient (Wildman–Crippen LogP) is 4.00. The summed E-state index contributed by atoms with van der Waals surface area (Å²) in [7, 11) is 0. The van der Waals surface area contributed by atoms with Crippen molar-refractivity contribution in [2.75, 3.05) is 32.8 Å². The minimum absolute atomic E-state index is 0.528. The monoisotopic (exact) mass is 395 g/mol. The van der Waals surface area contributed by atoms with Gasteiger partial charge < -0.3 is 21.1 Å². The molecule has 0 saturated carbocycles. The van der Waals surface area contributed by atoms with Crippen LogP contribution in [0.5, 0.6) is 5.75 Å². The van der Waals surface area contributed by atoms with Gasteiger partial charge in [0.25, 0.3) is 0 Å². The minimum Gasteiger partial charge on any atom is -0.492 e. The summed E-state index contributed by atoms with van der Waals surface area (Å²) in [6.45, 7) is 5.23. The van der Waals surface area contributed by atoms with Gasteiger partial charge in [0, 0.05) is 28.2 Å². The lowest BCUT2D eigenvalue weighted by molar-refractivity contribution is 0.321. The Balaban J connectivity index is 1.52. The Kier molecular flexibility index (Phi) is 6.60. The van der Waals surface area contributed by atoms with Crippen molar-refractivity contribution in [1.29, 1.82) is 0 Å². The molecule has 1 saturated heterocycles. The Morgan fingerprint density at radius 2 is 1.96 bits per heavy atom. The first-order valence-corrected chi connectivity index (χ1v) is 11.0. The number of benzene rings is 2. The molecule has 4 rings (SSSR count). The summed E-state index contributed by atoms with van der Waals surface area (Å²) in [5.41, 5.74) is 8.10. The Hall–Kier alpha value is -1.92. The van der Waals surface area contributed by atoms with Crippen molar-refractivity contribution < 1.29 is 4.74 Å². The zero-order valence-electron chi connectivity index (χ0n) is 16.2. The average molecular weight is 396 g/mol. The molecule has 2 aromatic carbocycles. The molecule has 0 aliphatic carbocycles. The van der Waals surface area contributed by atoms with Crippen molar-refractivity contribution >= 4 is 21.4 Å². The van der Waals surface area contributed by atoms with Gasteiger partial charge in [-0.15, -0.1) is 11.3 Å². The number of hydrogen-bond acceptors (Lipinski definition) is 5. The third kappa shape index (κ3) is 4.73. The SMILES string of the molecule is NCCOc1ccc(-c2cc3ccccc3s2)cc1CNCC1CCNCC1. The van der Waals surface area contributed by atoms with E-state index in [1.54, 1.807) is 0 Å². The fourth-order valence-corrected chi connectivity index (χ4v) is 4.86. The number of nitrogens with one attached hydrogen (secondary N) is 2. The maximum Gasteiger partial charge on any atom is 0.123 e. The maximum atomic E-state index is 5.91. The maximum absolute atomic E-state index is 5.91. The molecule has 0 bridgehead atoms. The van der Waals surface area contributed by atoms with Gasteiger partial charge in [0.1, 0.15) is 12.4 Å². The number of thiophene rings is 1. The van der Waals surface area contributed by atoms with Crippen LogP contribution in [0.15, 0.2) is 48.5 Å². The third-order valence-corrected chi connectivity index (χ3v) is 6.52. The molecule has 3 aromatic rings. The molecular formula is C23H29N3OS. The molecule has 1 aromatic heterocycles. The standard InChI is InChI=1S/C23H29N3OS/c24-9-12-27-21-6-5-19(23-14-18-3-1-2-4-22(18)28-23)13-20(21)16-26-15-17-7-10-25-11-8-17/h1-6,13-14,17,25-26H,7-12,15-16,24H2. The van der Waals surface area contributed by atoms with Gasteiger partial charge in [0.2, 0.25) is 0 Å². The Labute approximate surface area is 171 Å². The second-order valence-corrected chi connectivity index (χ2v) is 8.52. The van der Waals surface area contributed by atoms with Gasteiger partial charge in [0.05, 0.1) is 0 Å². The van der Waals surface area contributed by atoms with Crippen LogP contribution < -0.4 is 21.1 Å². The molecule has 1 aliphatic heterocycles. The molecule has 28 heavy (non-hydrogen) atoms. The second kappa shape index (κ2) is 9.52. The fourth-order valence-electron chi connectivity index (χ4n) is 3.80. The van der Waals surface area contributed by atoms with Crippen molar-refractivity contribution in [3.8, 4) is 16.2 Å². The van der Waals surface area contributed by atoms with Crippen LogP contribution in [0.25, 0.3) is 20.5 Å². The summed E-state index contributed by atoms with van der Waals surface area (Å²) in [6.07, 6.45) is 2.51. The summed E-state index contributed by atoms with van der Waals surface area (Å²) in [5, 5.41) is 8.39. The zero-order chi connectivity index (χ0) is 19.2. The molecule has 0 spiro atoms. The van der Waals surface area contributed by atoms with Crippen LogP contribution >= 0.6 is 11.3 Å². The van der Waals surface area contributed by atoms with E-state index >= 15 is 0 Å². The molecule has 4 N–H and O–H groups in total. The van der Waals surface area contributed by atoms with Crippen molar-refractivity contribution in [3.63, 3.8) is 0 Å². The van der Waals surface area contributed by atoms with Crippen LogP contribution in [0.3, 0.4) is 0 Å². The molecule has 0 radical (unpaired) electrons. The predicted molar refractivity (Wildman–Crippen MR) is 119 cm³/mol. The lowest BCUT2D eigenvalue weighted by atomic mass is 9.98. The molecule has 148 valence electrons. The first-order chi connectivity index (χ1) is 13.8. The van der Waals surface area contributed by atoms with Crippen molar-refractivity contribution in [1.82, 2.24) is 10.6 Å². The van der Waals surface area contributed by atoms with E-state index in [9.17, 15) is 0 Å². The largest absolute Gasteiger partial charge is 0.492 e. The van der Waals surface area contributed by atoms with E-state index in [1.165, 1.54) is 38.9 Å². The first kappa shape index (κ1) is 19.4. The van der Waals surface area contributed by atoms with Gasteiger partial charge in [-0.3, -0.25) is 0 Å². The quantitative estimate of drug-likeness (QED) is 0.540. The molecule has 0 atom stereocenters. The van der Waals surface area contributed by atoms with E-state index in [1.807, 2.05) is 11.3 Å². The summed E-state index contributed by atoms with van der Waals surface area (Å²) in [6, 6.07) is 17.4. The number of piperidine rings is 1. The van der Waals surface area contributed by atoms with Gasteiger partial charge in [-0.2, -0.15) is 0 Å². The summed E-state index contributed by atoms with van der Waals surface area (Å²) < 4.78 is 7.23. The second-order valence-electron chi connectivity index (χ2n) is 7.43. The Bertz CT molecular complexity index is 869. The molecule has 4 nitrogen and oxygen atoms in total. The zero-order valence-corrected chi connectivity index (χ0v) is 17.1. The number of rotatable bonds is 8. The molecule has 0 amide bonds. The van der Waals surface area contributed by atoms with Gasteiger partial charge >= 0.3 is 0 Å². The van der Waals surface area contributed by atoms with Crippen LogP contribution in [0.2, 0.25) is 0 Å². The van der Waals surface area contributed by atoms with E-state index < -0.39 is 0 Å². The molecule has 1 fully saturated rings. The minimum atomic E-state index is 0.528. The highest BCUT2D eigenvalue weighted by Crippen LogP contribution is 2.35. The highest BCUT2D eigenvalue weighted by molar-refractivity contribution is 7.22. The summed E-state index contributed by atoms with van der Waals surface area (Å²) in [4.78, 5) is 1.30. The number of ether oxygens (including phenoxy) is 1. The fraction of sp³-hybridized carbons (Fsp3) is 0.391. The molecular weight excluding hydrogens is 366 g/mol. The van der Waals surface area contributed by atoms with E-state index in [-0.39, 0.29) is 0 Å². The highest BCUT2D eigenvalue weighted by atomic mass is 32.1. The summed E-state index contributed by atoms with van der Waals surface area (Å²) >= 11 is 1.84. The van der Waals surface area contributed by atoms with Crippen LogP contribution in [0.1, 0.15) is 18.4 Å². The lowest BCUT2D eigenvalue weighted by Crippen LogP contribution is -2.33. The van der Waals surface area contributed by atoms with Crippen LogP contribution in [0, 0.1) is 5.92 Å². The van der Waals surface area contributed by atoms with Gasteiger partial charge in [-0.05, 0) is 79.7 Å². The molecule has 5 heteroatoms. The van der Waals surface area contributed by atoms with Crippen molar-refractivity contribution in [3.05, 3.63) is 54.1 Å². The van der Waals surface area contributed by atoms with E-state index in [0.29, 0.717) is 13.2 Å². The summed E-state index contributed by atoms with van der Waals surface area (Å²) in [5.74, 6) is 1.70. The average Bonchev–Trinajstić information content (AvgIpc) is 3.18. The third-order valence-electron chi connectivity index (χ3n) is 5.35. The van der Waals surface area contributed by atoms with Gasteiger partial charge in [0.15, 0.2) is 0 Å². The Morgan fingerprint density at radius 1 is 1.11 bits per heavy atom. The van der Waals surface area contributed by atoms with E-state index in [2.05, 4.69) is 59.2 Å². The molecule has 1 aliphatic rings.